The second kappa shape index (κ2) is 5.82. The normalized spacial score (nSPS) is 25.6. The van der Waals surface area contributed by atoms with Gasteiger partial charge in [-0.25, -0.2) is 0 Å². The van der Waals surface area contributed by atoms with Gasteiger partial charge in [0.25, 0.3) is 0 Å². The van der Waals surface area contributed by atoms with Crippen LogP contribution in [0.1, 0.15) is 44.1 Å². The topological polar surface area (TPSA) is 26.3 Å². The number of allylic oxidation sites excluding steroid dienone is 1. The minimum atomic E-state index is 0.290. The molecular formula is C18H22O2. The molecule has 1 aromatic rings. The molecule has 1 unspecified atom stereocenters. The number of hydrogen-bond acceptors (Lipinski definition) is 2. The van der Waals surface area contributed by atoms with E-state index in [1.165, 1.54) is 25.7 Å². The van der Waals surface area contributed by atoms with Gasteiger partial charge in [0.1, 0.15) is 5.75 Å². The Morgan fingerprint density at radius 2 is 1.90 bits per heavy atom. The van der Waals surface area contributed by atoms with Crippen LogP contribution in [0.15, 0.2) is 29.8 Å². The minimum Gasteiger partial charge on any atom is -0.496 e. The summed E-state index contributed by atoms with van der Waals surface area (Å²) in [7, 11) is 1.68. The van der Waals surface area contributed by atoms with Gasteiger partial charge in [0, 0.05) is 11.5 Å². The van der Waals surface area contributed by atoms with Crippen LogP contribution in [0, 0.1) is 11.8 Å². The Labute approximate surface area is 120 Å². The molecule has 2 fully saturated rings. The third-order valence-corrected chi connectivity index (χ3v) is 4.82. The van der Waals surface area contributed by atoms with Crippen LogP contribution in [-0.2, 0) is 4.79 Å². The molecule has 0 spiro atoms. The molecule has 0 aromatic heterocycles. The number of ether oxygens (including phenoxy) is 1. The van der Waals surface area contributed by atoms with Gasteiger partial charge in [-0.1, -0.05) is 31.0 Å². The third kappa shape index (κ3) is 2.52. The largest absolute Gasteiger partial charge is 0.496 e. The summed E-state index contributed by atoms with van der Waals surface area (Å²) in [6.45, 7) is 0. The Hall–Kier alpha value is -1.57. The summed E-state index contributed by atoms with van der Waals surface area (Å²) in [6.07, 6.45) is 9.12. The molecular weight excluding hydrogens is 248 g/mol. The molecule has 0 bridgehead atoms. The van der Waals surface area contributed by atoms with Crippen molar-refractivity contribution < 1.29 is 9.53 Å². The van der Waals surface area contributed by atoms with Crippen molar-refractivity contribution in [3.05, 3.63) is 35.4 Å². The first kappa shape index (κ1) is 13.4. The van der Waals surface area contributed by atoms with Gasteiger partial charge >= 0.3 is 0 Å². The monoisotopic (exact) mass is 270 g/mol. The highest BCUT2D eigenvalue weighted by Gasteiger charge is 2.36. The zero-order valence-corrected chi connectivity index (χ0v) is 12.1. The molecule has 0 saturated heterocycles. The summed E-state index contributed by atoms with van der Waals surface area (Å²) in [5, 5.41) is 0. The van der Waals surface area contributed by atoms with Crippen LogP contribution >= 0.6 is 0 Å². The van der Waals surface area contributed by atoms with E-state index < -0.39 is 0 Å². The minimum absolute atomic E-state index is 0.290. The van der Waals surface area contributed by atoms with Crippen LogP contribution in [0.3, 0.4) is 0 Å². The van der Waals surface area contributed by atoms with Gasteiger partial charge in [0.15, 0.2) is 5.78 Å². The first-order valence-corrected chi connectivity index (χ1v) is 7.67. The molecule has 0 radical (unpaired) electrons. The van der Waals surface area contributed by atoms with Crippen molar-refractivity contribution in [2.45, 2.75) is 38.5 Å². The molecule has 106 valence electrons. The van der Waals surface area contributed by atoms with E-state index in [4.69, 9.17) is 4.74 Å². The highest BCUT2D eigenvalue weighted by Crippen LogP contribution is 2.41. The number of para-hydroxylation sites is 1. The predicted octanol–water partition coefficient (Wildman–Crippen LogP) is 4.25. The lowest BCUT2D eigenvalue weighted by atomic mass is 9.88. The van der Waals surface area contributed by atoms with Crippen molar-refractivity contribution in [3.63, 3.8) is 0 Å². The van der Waals surface area contributed by atoms with Crippen LogP contribution in [0.25, 0.3) is 6.08 Å². The van der Waals surface area contributed by atoms with Crippen molar-refractivity contribution >= 4 is 11.9 Å². The van der Waals surface area contributed by atoms with Gasteiger partial charge in [-0.05, 0) is 49.3 Å². The zero-order valence-electron chi connectivity index (χ0n) is 12.1. The van der Waals surface area contributed by atoms with Crippen molar-refractivity contribution in [2.75, 3.05) is 7.11 Å². The number of carbonyl (C=O) groups is 1. The van der Waals surface area contributed by atoms with Crippen LogP contribution < -0.4 is 4.74 Å². The molecule has 1 aromatic carbocycles. The molecule has 2 nitrogen and oxygen atoms in total. The standard InChI is InChI=1S/C18H22O2/c1-20-17-9-5-4-8-14(17)12-15-10-11-16(18(15)19)13-6-2-3-7-13/h4-5,8-9,12-13,16H,2-3,6-7,10-11H2,1H3. The van der Waals surface area contributed by atoms with Gasteiger partial charge in [-0.15, -0.1) is 0 Å². The maximum atomic E-state index is 12.6. The van der Waals surface area contributed by atoms with Crippen molar-refractivity contribution in [1.82, 2.24) is 0 Å². The van der Waals surface area contributed by atoms with Crippen LogP contribution in [0.4, 0.5) is 0 Å². The van der Waals surface area contributed by atoms with E-state index in [2.05, 4.69) is 0 Å². The van der Waals surface area contributed by atoms with Crippen molar-refractivity contribution in [3.8, 4) is 5.75 Å². The average Bonchev–Trinajstić information content (AvgIpc) is 3.10. The Bertz CT molecular complexity index is 524. The van der Waals surface area contributed by atoms with E-state index in [0.29, 0.717) is 17.6 Å². The average molecular weight is 270 g/mol. The maximum Gasteiger partial charge on any atom is 0.162 e. The Balaban J connectivity index is 1.81. The van der Waals surface area contributed by atoms with Gasteiger partial charge in [0.2, 0.25) is 0 Å². The van der Waals surface area contributed by atoms with Crippen LogP contribution in [0.2, 0.25) is 0 Å². The molecule has 0 aliphatic heterocycles. The first-order valence-electron chi connectivity index (χ1n) is 7.67. The van der Waals surface area contributed by atoms with Gasteiger partial charge in [-0.3, -0.25) is 4.79 Å². The van der Waals surface area contributed by atoms with Gasteiger partial charge in [-0.2, -0.15) is 0 Å². The summed E-state index contributed by atoms with van der Waals surface area (Å²) in [4.78, 5) is 12.6. The molecule has 0 heterocycles. The summed E-state index contributed by atoms with van der Waals surface area (Å²) in [5.74, 6) is 2.17. The Morgan fingerprint density at radius 3 is 2.65 bits per heavy atom. The fourth-order valence-electron chi connectivity index (χ4n) is 3.73. The zero-order chi connectivity index (χ0) is 13.9. The molecule has 0 amide bonds. The Morgan fingerprint density at radius 1 is 1.15 bits per heavy atom. The lowest BCUT2D eigenvalue weighted by Gasteiger charge is -2.15. The SMILES string of the molecule is COc1ccccc1C=C1CCC(C2CCCC2)C1=O. The maximum absolute atomic E-state index is 12.6. The highest BCUT2D eigenvalue weighted by molar-refractivity contribution is 6.03. The predicted molar refractivity (Wildman–Crippen MR) is 80.7 cm³/mol. The summed E-state index contributed by atoms with van der Waals surface area (Å²) in [6, 6.07) is 7.91. The van der Waals surface area contributed by atoms with Crippen molar-refractivity contribution in [2.24, 2.45) is 11.8 Å². The molecule has 1 atom stereocenters. The summed E-state index contributed by atoms with van der Waals surface area (Å²) in [5.41, 5.74) is 2.01. The van der Waals surface area contributed by atoms with Crippen LogP contribution in [-0.4, -0.2) is 12.9 Å². The lowest BCUT2D eigenvalue weighted by molar-refractivity contribution is -0.119. The fourth-order valence-corrected chi connectivity index (χ4v) is 3.73. The highest BCUT2D eigenvalue weighted by atomic mass is 16.5. The molecule has 2 aliphatic rings. The molecule has 2 aliphatic carbocycles. The number of carbonyl (C=O) groups excluding carboxylic acids is 1. The third-order valence-electron chi connectivity index (χ3n) is 4.82. The quantitative estimate of drug-likeness (QED) is 0.768. The van der Waals surface area contributed by atoms with E-state index in [9.17, 15) is 4.79 Å². The molecule has 2 saturated carbocycles. The lowest BCUT2D eigenvalue weighted by Crippen LogP contribution is -2.16. The van der Waals surface area contributed by atoms with E-state index >= 15 is 0 Å². The number of hydrogen-bond donors (Lipinski definition) is 0. The number of ketones is 1. The Kier molecular flexibility index (Phi) is 3.90. The second-order valence-corrected chi connectivity index (χ2v) is 5.97. The molecule has 2 heteroatoms. The number of rotatable bonds is 3. The second-order valence-electron chi connectivity index (χ2n) is 5.97. The van der Waals surface area contributed by atoms with E-state index in [-0.39, 0.29) is 0 Å². The summed E-state index contributed by atoms with van der Waals surface area (Å²) >= 11 is 0. The molecule has 20 heavy (non-hydrogen) atoms. The van der Waals surface area contributed by atoms with Crippen molar-refractivity contribution in [1.29, 1.82) is 0 Å². The van der Waals surface area contributed by atoms with E-state index in [1.807, 2.05) is 30.3 Å². The van der Waals surface area contributed by atoms with Gasteiger partial charge < -0.3 is 4.74 Å². The number of Topliss-reactive ketones (excluding diaryl/α,β-unsaturated/α-hetero) is 1. The van der Waals surface area contributed by atoms with E-state index in [0.717, 1.165) is 29.7 Å². The molecule has 3 rings (SSSR count). The van der Waals surface area contributed by atoms with Gasteiger partial charge in [0.05, 0.1) is 7.11 Å². The first-order chi connectivity index (χ1) is 9.79. The number of benzene rings is 1. The number of methoxy groups -OCH3 is 1. The fraction of sp³-hybridized carbons (Fsp3) is 0.500. The molecule has 0 N–H and O–H groups in total. The summed E-state index contributed by atoms with van der Waals surface area (Å²) < 4.78 is 5.36. The van der Waals surface area contributed by atoms with E-state index in [1.54, 1.807) is 7.11 Å². The van der Waals surface area contributed by atoms with Crippen LogP contribution in [0.5, 0.6) is 5.75 Å². The smallest absolute Gasteiger partial charge is 0.162 e.